The molecule has 0 radical (unpaired) electrons. The Balaban J connectivity index is 2.49. The normalized spacial score (nSPS) is 36.3. The molecular weight excluding hydrogens is 324 g/mol. The molecule has 1 fully saturated rings. The van der Waals surface area contributed by atoms with E-state index in [9.17, 15) is 19.5 Å². The van der Waals surface area contributed by atoms with E-state index in [0.29, 0.717) is 5.57 Å². The fourth-order valence-corrected chi connectivity index (χ4v) is 2.90. The van der Waals surface area contributed by atoms with Gasteiger partial charge in [-0.1, -0.05) is 20.4 Å². The number of allylic oxidation sites excluding steroid dienone is 2. The molecule has 6 heteroatoms. The van der Waals surface area contributed by atoms with E-state index < -0.39 is 35.7 Å². The summed E-state index contributed by atoms with van der Waals surface area (Å²) in [4.78, 5) is 36.2. The van der Waals surface area contributed by atoms with Crippen LogP contribution in [-0.2, 0) is 23.9 Å². The fraction of sp³-hybridized carbons (Fsp3) is 0.526. The van der Waals surface area contributed by atoms with E-state index in [1.165, 1.54) is 19.1 Å². The fourth-order valence-electron chi connectivity index (χ4n) is 2.90. The highest BCUT2D eigenvalue weighted by Crippen LogP contribution is 2.37. The SMILES string of the molecule is C=C1C(=O)O[C@H]2/C=C(/C)C(=O)/C=C/[C@@](C)(O)C[C@H](OC(=O)C(C)C)[C@@H]12. The van der Waals surface area contributed by atoms with Crippen molar-refractivity contribution in [3.05, 3.63) is 36.0 Å². The molecule has 136 valence electrons. The van der Waals surface area contributed by atoms with Gasteiger partial charge in [0.1, 0.15) is 12.2 Å². The van der Waals surface area contributed by atoms with Crippen molar-refractivity contribution in [3.63, 3.8) is 0 Å². The van der Waals surface area contributed by atoms with Crippen LogP contribution in [0.5, 0.6) is 0 Å². The summed E-state index contributed by atoms with van der Waals surface area (Å²) in [7, 11) is 0. The van der Waals surface area contributed by atoms with Crippen molar-refractivity contribution in [1.82, 2.24) is 0 Å². The number of hydrogen-bond donors (Lipinski definition) is 1. The van der Waals surface area contributed by atoms with Crippen LogP contribution in [0.4, 0.5) is 0 Å². The Morgan fingerprint density at radius 1 is 1.44 bits per heavy atom. The van der Waals surface area contributed by atoms with E-state index in [2.05, 4.69) is 6.58 Å². The summed E-state index contributed by atoms with van der Waals surface area (Å²) in [6.07, 6.45) is 2.64. The van der Waals surface area contributed by atoms with Crippen molar-refractivity contribution in [2.24, 2.45) is 11.8 Å². The molecule has 0 aromatic rings. The lowest BCUT2D eigenvalue weighted by Crippen LogP contribution is -2.40. The van der Waals surface area contributed by atoms with Gasteiger partial charge in [0.05, 0.1) is 17.4 Å². The predicted molar refractivity (Wildman–Crippen MR) is 90.4 cm³/mol. The van der Waals surface area contributed by atoms with Crippen LogP contribution in [-0.4, -0.2) is 40.6 Å². The van der Waals surface area contributed by atoms with Gasteiger partial charge in [-0.2, -0.15) is 0 Å². The number of carbonyl (C=O) groups is 3. The maximum absolute atomic E-state index is 12.1. The highest BCUT2D eigenvalue weighted by Gasteiger charge is 2.46. The van der Waals surface area contributed by atoms with Gasteiger partial charge >= 0.3 is 11.9 Å². The molecule has 0 aromatic heterocycles. The summed E-state index contributed by atoms with van der Waals surface area (Å²) in [6, 6.07) is 0. The molecular formula is C19H24O6. The highest BCUT2D eigenvalue weighted by molar-refractivity contribution is 6.03. The second-order valence-electron chi connectivity index (χ2n) is 7.16. The smallest absolute Gasteiger partial charge is 0.334 e. The van der Waals surface area contributed by atoms with Crippen molar-refractivity contribution in [2.45, 2.75) is 51.9 Å². The first-order chi connectivity index (χ1) is 11.5. The number of carbonyl (C=O) groups excluding carboxylic acids is 3. The van der Waals surface area contributed by atoms with Crippen molar-refractivity contribution in [1.29, 1.82) is 0 Å². The van der Waals surface area contributed by atoms with Gasteiger partial charge in [0.25, 0.3) is 0 Å². The van der Waals surface area contributed by atoms with E-state index in [1.54, 1.807) is 26.8 Å². The lowest BCUT2D eigenvalue weighted by Gasteiger charge is -2.32. The first-order valence-corrected chi connectivity index (χ1v) is 8.26. The van der Waals surface area contributed by atoms with Crippen molar-refractivity contribution in [2.75, 3.05) is 0 Å². The molecule has 0 unspecified atom stereocenters. The van der Waals surface area contributed by atoms with Gasteiger partial charge in [-0.15, -0.1) is 0 Å². The molecule has 0 saturated carbocycles. The molecule has 0 bridgehead atoms. The molecule has 6 nitrogen and oxygen atoms in total. The Bertz CT molecular complexity index is 667. The molecule has 25 heavy (non-hydrogen) atoms. The van der Waals surface area contributed by atoms with Crippen LogP contribution in [0.15, 0.2) is 36.0 Å². The molecule has 0 amide bonds. The molecule has 2 aliphatic rings. The summed E-state index contributed by atoms with van der Waals surface area (Å²) in [6.45, 7) is 10.3. The number of aliphatic hydroxyl groups is 1. The Hall–Kier alpha value is -2.21. The van der Waals surface area contributed by atoms with Gasteiger partial charge in [-0.3, -0.25) is 9.59 Å². The molecule has 1 heterocycles. The lowest BCUT2D eigenvalue weighted by atomic mass is 9.82. The van der Waals surface area contributed by atoms with Crippen LogP contribution in [0.3, 0.4) is 0 Å². The summed E-state index contributed by atoms with van der Waals surface area (Å²) in [5, 5.41) is 10.6. The van der Waals surface area contributed by atoms with Gasteiger partial charge in [-0.05, 0) is 37.6 Å². The number of rotatable bonds is 2. The minimum absolute atomic E-state index is 0.0129. The average molecular weight is 348 g/mol. The third-order valence-electron chi connectivity index (χ3n) is 4.41. The third-order valence-corrected chi connectivity index (χ3v) is 4.41. The molecule has 1 aliphatic carbocycles. The molecule has 2 rings (SSSR count). The number of fused-ring (bicyclic) bond motifs is 1. The van der Waals surface area contributed by atoms with Gasteiger partial charge < -0.3 is 14.6 Å². The Kier molecular flexibility index (Phi) is 5.32. The first kappa shape index (κ1) is 19.1. The van der Waals surface area contributed by atoms with E-state index in [1.807, 2.05) is 0 Å². The quantitative estimate of drug-likeness (QED) is 0.605. The zero-order valence-corrected chi connectivity index (χ0v) is 14.9. The van der Waals surface area contributed by atoms with Gasteiger partial charge in [0.15, 0.2) is 5.78 Å². The predicted octanol–water partition coefficient (Wildman–Crippen LogP) is 1.88. The Labute approximate surface area is 147 Å². The van der Waals surface area contributed by atoms with Crippen LogP contribution in [0.25, 0.3) is 0 Å². The lowest BCUT2D eigenvalue weighted by molar-refractivity contribution is -0.158. The van der Waals surface area contributed by atoms with Gasteiger partial charge in [0, 0.05) is 12.0 Å². The van der Waals surface area contributed by atoms with Crippen LogP contribution >= 0.6 is 0 Å². The zero-order valence-electron chi connectivity index (χ0n) is 14.9. The number of ketones is 1. The average Bonchev–Trinajstić information content (AvgIpc) is 2.77. The number of esters is 2. The van der Waals surface area contributed by atoms with E-state index in [0.717, 1.165) is 0 Å². The largest absolute Gasteiger partial charge is 0.461 e. The molecule has 0 spiro atoms. The van der Waals surface area contributed by atoms with Gasteiger partial charge in [-0.25, -0.2) is 4.79 Å². The minimum atomic E-state index is -1.40. The molecule has 4 atom stereocenters. The Morgan fingerprint density at radius 2 is 2.08 bits per heavy atom. The van der Waals surface area contributed by atoms with Crippen LogP contribution in [0.1, 0.15) is 34.1 Å². The second kappa shape index (κ2) is 6.96. The zero-order chi connectivity index (χ0) is 18.9. The van der Waals surface area contributed by atoms with Crippen molar-refractivity contribution in [3.8, 4) is 0 Å². The summed E-state index contributed by atoms with van der Waals surface area (Å²) in [5.41, 5.74) is -0.852. The number of ether oxygens (including phenoxy) is 2. The molecule has 0 aromatic carbocycles. The standard InChI is InChI=1S/C19H24O6/c1-10(2)17(21)25-15-9-19(5,23)7-6-13(20)11(3)8-14-16(15)12(4)18(22)24-14/h6-8,10,14-16,23H,4,9H2,1-3,5H3/b7-6+,11-8-/t14-,15-,16-,19+/m0/s1. The summed E-state index contributed by atoms with van der Waals surface area (Å²) < 4.78 is 10.9. The van der Waals surface area contributed by atoms with E-state index in [4.69, 9.17) is 9.47 Å². The van der Waals surface area contributed by atoms with E-state index in [-0.39, 0.29) is 23.7 Å². The number of hydrogen-bond acceptors (Lipinski definition) is 6. The topological polar surface area (TPSA) is 89.9 Å². The first-order valence-electron chi connectivity index (χ1n) is 8.26. The van der Waals surface area contributed by atoms with Crippen molar-refractivity contribution >= 4 is 17.7 Å². The van der Waals surface area contributed by atoms with Crippen LogP contribution in [0.2, 0.25) is 0 Å². The van der Waals surface area contributed by atoms with Gasteiger partial charge in [0.2, 0.25) is 0 Å². The highest BCUT2D eigenvalue weighted by atomic mass is 16.6. The summed E-state index contributed by atoms with van der Waals surface area (Å²) in [5.74, 6) is -2.34. The molecule has 1 N–H and O–H groups in total. The van der Waals surface area contributed by atoms with Crippen LogP contribution in [0, 0.1) is 11.8 Å². The summed E-state index contributed by atoms with van der Waals surface area (Å²) >= 11 is 0. The van der Waals surface area contributed by atoms with Crippen molar-refractivity contribution < 1.29 is 29.0 Å². The Morgan fingerprint density at radius 3 is 2.68 bits per heavy atom. The third kappa shape index (κ3) is 4.25. The maximum atomic E-state index is 12.1. The monoisotopic (exact) mass is 348 g/mol. The molecule has 1 saturated heterocycles. The minimum Gasteiger partial charge on any atom is -0.461 e. The second-order valence-corrected chi connectivity index (χ2v) is 7.16. The molecule has 1 aliphatic heterocycles. The maximum Gasteiger partial charge on any atom is 0.334 e. The van der Waals surface area contributed by atoms with E-state index >= 15 is 0 Å². The van der Waals surface area contributed by atoms with Crippen LogP contribution < -0.4 is 0 Å².